The Morgan fingerprint density at radius 3 is 2.85 bits per heavy atom. The number of hydrogen-bond donors (Lipinski definition) is 1. The van der Waals surface area contributed by atoms with E-state index in [0.717, 1.165) is 27.2 Å². The monoisotopic (exact) mass is 434 g/mol. The minimum absolute atomic E-state index is 0.108. The van der Waals surface area contributed by atoms with Gasteiger partial charge in [0, 0.05) is 17.0 Å². The summed E-state index contributed by atoms with van der Waals surface area (Å²) in [6.07, 6.45) is 0.810. The second-order valence-electron chi connectivity index (χ2n) is 5.83. The maximum absolute atomic E-state index is 12.3. The third-order valence-electron chi connectivity index (χ3n) is 3.95. The van der Waals surface area contributed by atoms with E-state index in [-0.39, 0.29) is 5.91 Å². The van der Waals surface area contributed by atoms with Crippen molar-refractivity contribution in [1.29, 1.82) is 0 Å². The lowest BCUT2D eigenvalue weighted by atomic mass is 10.2. The van der Waals surface area contributed by atoms with Crippen LogP contribution in [-0.4, -0.2) is 17.6 Å². The molecular weight excluding hydrogens is 416 g/mol. The van der Waals surface area contributed by atoms with E-state index in [9.17, 15) is 4.79 Å². The first-order valence-electron chi connectivity index (χ1n) is 8.20. The van der Waals surface area contributed by atoms with Crippen LogP contribution in [0.4, 0.5) is 0 Å². The molecule has 0 unspecified atom stereocenters. The summed E-state index contributed by atoms with van der Waals surface area (Å²) in [6.45, 7) is 4.69. The summed E-state index contributed by atoms with van der Waals surface area (Å²) in [7, 11) is 0. The smallest absolute Gasteiger partial charge is 0.251 e. The summed E-state index contributed by atoms with van der Waals surface area (Å²) in [6, 6.07) is 11.2. The van der Waals surface area contributed by atoms with E-state index < -0.39 is 0 Å². The summed E-state index contributed by atoms with van der Waals surface area (Å²) in [5, 5.41) is 6.86. The van der Waals surface area contributed by atoms with Crippen molar-refractivity contribution >= 4 is 33.2 Å². The first kappa shape index (κ1) is 18.7. The Morgan fingerprint density at radius 1 is 1.31 bits per heavy atom. The number of carbonyl (C=O) groups excluding carboxylic acids is 1. The summed E-state index contributed by atoms with van der Waals surface area (Å²) in [4.78, 5) is 13.6. The average Bonchev–Trinajstić information content (AvgIpc) is 3.19. The fourth-order valence-electron chi connectivity index (χ4n) is 2.48. The molecule has 3 rings (SSSR count). The van der Waals surface area contributed by atoms with Crippen LogP contribution in [0.25, 0.3) is 0 Å². The lowest BCUT2D eigenvalue weighted by Crippen LogP contribution is -2.25. The fraction of sp³-hybridized carbons (Fsp3) is 0.263. The molecule has 0 saturated heterocycles. The van der Waals surface area contributed by atoms with Gasteiger partial charge in [-0.2, -0.15) is 0 Å². The summed E-state index contributed by atoms with van der Waals surface area (Å²) in [5.74, 6) is 1.28. The Kier molecular flexibility index (Phi) is 6.11. The summed E-state index contributed by atoms with van der Waals surface area (Å²) < 4.78 is 12.0. The molecule has 0 spiro atoms. The first-order chi connectivity index (χ1) is 12.5. The van der Waals surface area contributed by atoms with E-state index in [1.54, 1.807) is 23.5 Å². The van der Waals surface area contributed by atoms with Gasteiger partial charge >= 0.3 is 0 Å². The van der Waals surface area contributed by atoms with Crippen molar-refractivity contribution in [3.8, 4) is 5.75 Å². The van der Waals surface area contributed by atoms with Gasteiger partial charge in [-0.1, -0.05) is 11.2 Å². The van der Waals surface area contributed by atoms with Crippen LogP contribution in [0.15, 0.2) is 44.7 Å². The molecule has 5 nitrogen and oxygen atoms in total. The van der Waals surface area contributed by atoms with Gasteiger partial charge in [0.15, 0.2) is 0 Å². The summed E-state index contributed by atoms with van der Waals surface area (Å²) in [5.41, 5.74) is 2.33. The number of halogens is 1. The maximum Gasteiger partial charge on any atom is 0.251 e. The highest BCUT2D eigenvalue weighted by Gasteiger charge is 2.11. The standard InChI is InChI=1S/C19H19BrN2O3S/c1-12-17(13(2)25-22-12)11-24-15-5-3-4-14(10-15)19(23)21-9-8-16-6-7-18(20)26-16/h3-7,10H,8-9,11H2,1-2H3,(H,21,23). The van der Waals surface area contributed by atoms with Crippen molar-refractivity contribution in [2.75, 3.05) is 6.54 Å². The number of ether oxygens (including phenoxy) is 1. The van der Waals surface area contributed by atoms with Crippen molar-refractivity contribution in [2.45, 2.75) is 26.9 Å². The predicted octanol–water partition coefficient (Wildman–Crippen LogP) is 4.67. The molecule has 0 bridgehead atoms. The molecule has 26 heavy (non-hydrogen) atoms. The minimum Gasteiger partial charge on any atom is -0.489 e. The molecule has 0 fully saturated rings. The van der Waals surface area contributed by atoms with E-state index in [1.165, 1.54) is 4.88 Å². The number of thiophene rings is 1. The van der Waals surface area contributed by atoms with E-state index in [1.807, 2.05) is 32.0 Å². The van der Waals surface area contributed by atoms with Gasteiger partial charge in [-0.15, -0.1) is 11.3 Å². The minimum atomic E-state index is -0.108. The number of hydrogen-bond acceptors (Lipinski definition) is 5. The highest BCUT2D eigenvalue weighted by molar-refractivity contribution is 9.11. The molecule has 0 aliphatic heterocycles. The normalized spacial score (nSPS) is 10.7. The second kappa shape index (κ2) is 8.51. The second-order valence-corrected chi connectivity index (χ2v) is 8.38. The van der Waals surface area contributed by atoms with Gasteiger partial charge in [0.1, 0.15) is 18.1 Å². The van der Waals surface area contributed by atoms with Crippen LogP contribution in [0.5, 0.6) is 5.75 Å². The van der Waals surface area contributed by atoms with Crippen LogP contribution in [-0.2, 0) is 13.0 Å². The zero-order valence-corrected chi connectivity index (χ0v) is 16.9. The van der Waals surface area contributed by atoms with Crippen LogP contribution in [0.3, 0.4) is 0 Å². The Morgan fingerprint density at radius 2 is 2.15 bits per heavy atom. The SMILES string of the molecule is Cc1noc(C)c1COc1cccc(C(=O)NCCc2ccc(Br)s2)c1. The van der Waals surface area contributed by atoms with Gasteiger partial charge in [-0.05, 0) is 66.5 Å². The lowest BCUT2D eigenvalue weighted by Gasteiger charge is -2.08. The number of aromatic nitrogens is 1. The van der Waals surface area contributed by atoms with Gasteiger partial charge in [0.05, 0.1) is 15.0 Å². The number of carbonyl (C=O) groups is 1. The van der Waals surface area contributed by atoms with Gasteiger partial charge in [-0.3, -0.25) is 4.79 Å². The molecule has 0 atom stereocenters. The number of benzene rings is 1. The Hall–Kier alpha value is -2.12. The fourth-order valence-corrected chi connectivity index (χ4v) is 3.96. The highest BCUT2D eigenvalue weighted by Crippen LogP contribution is 2.22. The quantitative estimate of drug-likeness (QED) is 0.586. The molecule has 0 aliphatic carbocycles. The average molecular weight is 435 g/mol. The molecule has 0 radical (unpaired) electrons. The van der Waals surface area contributed by atoms with Gasteiger partial charge < -0.3 is 14.6 Å². The van der Waals surface area contributed by atoms with Crippen LogP contribution in [0, 0.1) is 13.8 Å². The maximum atomic E-state index is 12.3. The molecule has 3 aromatic rings. The van der Waals surface area contributed by atoms with Gasteiger partial charge in [0.2, 0.25) is 0 Å². The molecule has 2 aromatic heterocycles. The topological polar surface area (TPSA) is 64.4 Å². The van der Waals surface area contributed by atoms with E-state index in [0.29, 0.717) is 24.5 Å². The number of aryl methyl sites for hydroxylation is 2. The molecule has 1 N–H and O–H groups in total. The molecular formula is C19H19BrN2O3S. The zero-order valence-electron chi connectivity index (χ0n) is 14.5. The molecule has 0 saturated carbocycles. The van der Waals surface area contributed by atoms with Gasteiger partial charge in [-0.25, -0.2) is 0 Å². The van der Waals surface area contributed by atoms with E-state index >= 15 is 0 Å². The number of nitrogens with zero attached hydrogens (tertiary/aromatic N) is 1. The zero-order chi connectivity index (χ0) is 18.5. The lowest BCUT2D eigenvalue weighted by molar-refractivity contribution is 0.0953. The molecule has 1 aromatic carbocycles. The van der Waals surface area contributed by atoms with Crippen LogP contribution >= 0.6 is 27.3 Å². The highest BCUT2D eigenvalue weighted by atomic mass is 79.9. The third kappa shape index (κ3) is 4.74. The van der Waals surface area contributed by atoms with Crippen molar-refractivity contribution in [1.82, 2.24) is 10.5 Å². The van der Waals surface area contributed by atoms with Crippen molar-refractivity contribution in [3.63, 3.8) is 0 Å². The number of rotatable bonds is 7. The predicted molar refractivity (Wildman–Crippen MR) is 105 cm³/mol. The van der Waals surface area contributed by atoms with E-state index in [2.05, 4.69) is 32.5 Å². The molecule has 1 amide bonds. The number of nitrogens with one attached hydrogen (secondary N) is 1. The first-order valence-corrected chi connectivity index (χ1v) is 9.81. The Balaban J connectivity index is 1.55. The van der Waals surface area contributed by atoms with Crippen LogP contribution < -0.4 is 10.1 Å². The third-order valence-corrected chi connectivity index (χ3v) is 5.63. The van der Waals surface area contributed by atoms with Gasteiger partial charge in [0.25, 0.3) is 5.91 Å². The largest absolute Gasteiger partial charge is 0.489 e. The van der Waals surface area contributed by atoms with Crippen LogP contribution in [0.2, 0.25) is 0 Å². The molecule has 0 aliphatic rings. The Bertz CT molecular complexity index is 884. The van der Waals surface area contributed by atoms with Crippen molar-refractivity contribution < 1.29 is 14.1 Å². The van der Waals surface area contributed by atoms with Crippen LogP contribution in [0.1, 0.15) is 32.3 Å². The Labute approximate surface area is 164 Å². The summed E-state index contributed by atoms with van der Waals surface area (Å²) >= 11 is 5.12. The molecule has 7 heteroatoms. The molecule has 136 valence electrons. The van der Waals surface area contributed by atoms with E-state index in [4.69, 9.17) is 9.26 Å². The molecule has 2 heterocycles. The number of amides is 1. The van der Waals surface area contributed by atoms with Crippen molar-refractivity contribution in [3.05, 3.63) is 67.6 Å². The van der Waals surface area contributed by atoms with Crippen molar-refractivity contribution in [2.24, 2.45) is 0 Å².